The van der Waals surface area contributed by atoms with Crippen molar-refractivity contribution >= 4 is 0 Å². The second-order valence-corrected chi connectivity index (χ2v) is 5.87. The summed E-state index contributed by atoms with van der Waals surface area (Å²) in [6.45, 7) is 8.54. The van der Waals surface area contributed by atoms with Crippen molar-refractivity contribution in [2.45, 2.75) is 38.6 Å². The van der Waals surface area contributed by atoms with Crippen LogP contribution in [0, 0.1) is 11.8 Å². The van der Waals surface area contributed by atoms with E-state index in [0.29, 0.717) is 5.54 Å². The molecule has 0 aromatic heterocycles. The molecule has 0 amide bonds. The van der Waals surface area contributed by atoms with Gasteiger partial charge in [-0.05, 0) is 71.6 Å². The lowest BCUT2D eigenvalue weighted by molar-refractivity contribution is 0.174. The highest BCUT2D eigenvalue weighted by Gasteiger charge is 2.35. The predicted octanol–water partition coefficient (Wildman–Crippen LogP) is 1.72. The van der Waals surface area contributed by atoms with Crippen molar-refractivity contribution in [3.8, 4) is 0 Å². The van der Waals surface area contributed by atoms with Crippen molar-refractivity contribution in [3.63, 3.8) is 0 Å². The van der Waals surface area contributed by atoms with Gasteiger partial charge in [0.1, 0.15) is 0 Å². The minimum atomic E-state index is 0.397. The summed E-state index contributed by atoms with van der Waals surface area (Å²) in [5, 5.41) is 3.64. The Kier molecular flexibility index (Phi) is 2.85. The molecule has 1 N–H and O–H groups in total. The van der Waals surface area contributed by atoms with Gasteiger partial charge in [0.15, 0.2) is 0 Å². The van der Waals surface area contributed by atoms with E-state index < -0.39 is 0 Å². The predicted molar refractivity (Wildman–Crippen MR) is 60.4 cm³/mol. The van der Waals surface area contributed by atoms with E-state index in [0.717, 1.165) is 11.8 Å². The fourth-order valence-corrected chi connectivity index (χ4v) is 3.04. The minimum Gasteiger partial charge on any atom is -0.311 e. The fourth-order valence-electron chi connectivity index (χ4n) is 3.04. The van der Waals surface area contributed by atoms with Gasteiger partial charge in [-0.3, -0.25) is 0 Å². The number of hydrogen-bond donors (Lipinski definition) is 1. The number of hydrogen-bond acceptors (Lipinski definition) is 2. The average molecular weight is 196 g/mol. The molecule has 1 unspecified atom stereocenters. The normalized spacial score (nSPS) is 34.9. The lowest BCUT2D eigenvalue weighted by Gasteiger charge is -2.32. The van der Waals surface area contributed by atoms with Crippen LogP contribution in [0.15, 0.2) is 0 Å². The maximum absolute atomic E-state index is 3.64. The van der Waals surface area contributed by atoms with Crippen LogP contribution in [0.1, 0.15) is 33.1 Å². The van der Waals surface area contributed by atoms with Crippen molar-refractivity contribution in [2.24, 2.45) is 11.8 Å². The quantitative estimate of drug-likeness (QED) is 0.687. The molecule has 2 rings (SSSR count). The molecule has 0 aliphatic carbocycles. The standard InChI is InChI=1S/C12H24N2/c1-12(2)8-11(9-13-12)10-4-6-14(3)7-5-10/h10-11,13H,4-9H2,1-3H3. The van der Waals surface area contributed by atoms with Crippen LogP contribution in [0.3, 0.4) is 0 Å². The van der Waals surface area contributed by atoms with Gasteiger partial charge in [0.25, 0.3) is 0 Å². The Balaban J connectivity index is 1.85. The minimum absolute atomic E-state index is 0.397. The second kappa shape index (κ2) is 3.82. The van der Waals surface area contributed by atoms with Gasteiger partial charge in [-0.2, -0.15) is 0 Å². The Morgan fingerprint density at radius 2 is 1.79 bits per heavy atom. The van der Waals surface area contributed by atoms with Crippen molar-refractivity contribution in [3.05, 3.63) is 0 Å². The van der Waals surface area contributed by atoms with Crippen LogP contribution in [0.5, 0.6) is 0 Å². The Morgan fingerprint density at radius 3 is 2.29 bits per heavy atom. The number of rotatable bonds is 1. The lowest BCUT2D eigenvalue weighted by atomic mass is 9.81. The Morgan fingerprint density at radius 1 is 1.14 bits per heavy atom. The molecule has 1 atom stereocenters. The summed E-state index contributed by atoms with van der Waals surface area (Å²) < 4.78 is 0. The van der Waals surface area contributed by atoms with E-state index in [1.807, 2.05) is 0 Å². The van der Waals surface area contributed by atoms with Crippen molar-refractivity contribution in [2.75, 3.05) is 26.7 Å². The maximum Gasteiger partial charge on any atom is 0.0128 e. The zero-order valence-electron chi connectivity index (χ0n) is 9.84. The second-order valence-electron chi connectivity index (χ2n) is 5.87. The highest BCUT2D eigenvalue weighted by Crippen LogP contribution is 2.34. The maximum atomic E-state index is 3.64. The largest absolute Gasteiger partial charge is 0.311 e. The van der Waals surface area contributed by atoms with Gasteiger partial charge in [-0.15, -0.1) is 0 Å². The highest BCUT2D eigenvalue weighted by molar-refractivity contribution is 4.93. The van der Waals surface area contributed by atoms with Gasteiger partial charge in [0, 0.05) is 5.54 Å². The molecule has 14 heavy (non-hydrogen) atoms. The molecule has 2 nitrogen and oxygen atoms in total. The zero-order chi connectivity index (χ0) is 10.2. The molecular weight excluding hydrogens is 172 g/mol. The molecule has 0 bridgehead atoms. The number of nitrogens with one attached hydrogen (secondary N) is 1. The summed E-state index contributed by atoms with van der Waals surface area (Å²) in [4.78, 5) is 2.46. The molecule has 2 heteroatoms. The third-order valence-corrected chi connectivity index (χ3v) is 4.05. The number of likely N-dealkylation sites (tertiary alicyclic amines) is 1. The van der Waals surface area contributed by atoms with Crippen molar-refractivity contribution in [1.82, 2.24) is 10.2 Å². The Labute approximate surface area is 88.1 Å². The topological polar surface area (TPSA) is 15.3 Å². The van der Waals surface area contributed by atoms with Gasteiger partial charge < -0.3 is 10.2 Å². The molecule has 2 heterocycles. The molecule has 0 spiro atoms. The summed E-state index contributed by atoms with van der Waals surface area (Å²) in [6.07, 6.45) is 4.21. The van der Waals surface area contributed by atoms with Gasteiger partial charge in [-0.1, -0.05) is 0 Å². The van der Waals surface area contributed by atoms with Crippen LogP contribution in [0.2, 0.25) is 0 Å². The first-order valence-corrected chi connectivity index (χ1v) is 6.00. The van der Waals surface area contributed by atoms with Gasteiger partial charge in [-0.25, -0.2) is 0 Å². The molecule has 2 fully saturated rings. The zero-order valence-corrected chi connectivity index (χ0v) is 9.84. The SMILES string of the molecule is CN1CCC(C2CNC(C)(C)C2)CC1. The number of piperidine rings is 1. The van der Waals surface area contributed by atoms with Gasteiger partial charge >= 0.3 is 0 Å². The molecule has 2 saturated heterocycles. The molecule has 0 aromatic rings. The Bertz CT molecular complexity index is 192. The smallest absolute Gasteiger partial charge is 0.0128 e. The van der Waals surface area contributed by atoms with E-state index in [9.17, 15) is 0 Å². The molecular formula is C12H24N2. The van der Waals surface area contributed by atoms with E-state index in [-0.39, 0.29) is 0 Å². The molecule has 82 valence electrons. The van der Waals surface area contributed by atoms with Crippen molar-refractivity contribution < 1.29 is 0 Å². The summed E-state index contributed by atoms with van der Waals surface area (Å²) in [5.74, 6) is 1.93. The fraction of sp³-hybridized carbons (Fsp3) is 1.00. The van der Waals surface area contributed by atoms with E-state index in [2.05, 4.69) is 31.1 Å². The van der Waals surface area contributed by atoms with Crippen LogP contribution < -0.4 is 5.32 Å². The first kappa shape index (κ1) is 10.4. The summed E-state index contributed by atoms with van der Waals surface area (Å²) in [7, 11) is 2.24. The number of nitrogens with zero attached hydrogens (tertiary/aromatic N) is 1. The molecule has 0 aromatic carbocycles. The summed E-state index contributed by atoms with van der Waals surface area (Å²) in [6, 6.07) is 0. The highest BCUT2D eigenvalue weighted by atomic mass is 15.1. The van der Waals surface area contributed by atoms with Crippen LogP contribution in [-0.4, -0.2) is 37.1 Å². The van der Waals surface area contributed by atoms with E-state index in [1.165, 1.54) is 38.9 Å². The first-order chi connectivity index (χ1) is 6.57. The first-order valence-electron chi connectivity index (χ1n) is 6.00. The van der Waals surface area contributed by atoms with Gasteiger partial charge in [0.05, 0.1) is 0 Å². The molecule has 2 aliphatic rings. The van der Waals surface area contributed by atoms with Crippen LogP contribution in [0.4, 0.5) is 0 Å². The van der Waals surface area contributed by atoms with E-state index in [1.54, 1.807) is 0 Å². The van der Waals surface area contributed by atoms with Crippen LogP contribution in [0.25, 0.3) is 0 Å². The summed E-state index contributed by atoms with van der Waals surface area (Å²) in [5.41, 5.74) is 0.397. The lowest BCUT2D eigenvalue weighted by Crippen LogP contribution is -2.33. The third-order valence-electron chi connectivity index (χ3n) is 4.05. The van der Waals surface area contributed by atoms with E-state index >= 15 is 0 Å². The van der Waals surface area contributed by atoms with Crippen LogP contribution in [-0.2, 0) is 0 Å². The molecule has 2 aliphatic heterocycles. The monoisotopic (exact) mass is 196 g/mol. The molecule has 0 saturated carbocycles. The average Bonchev–Trinajstić information content (AvgIpc) is 2.47. The van der Waals surface area contributed by atoms with E-state index in [4.69, 9.17) is 0 Å². The van der Waals surface area contributed by atoms with Gasteiger partial charge in [0.2, 0.25) is 0 Å². The van der Waals surface area contributed by atoms with Crippen molar-refractivity contribution in [1.29, 1.82) is 0 Å². The molecule has 0 radical (unpaired) electrons. The summed E-state index contributed by atoms with van der Waals surface area (Å²) >= 11 is 0. The third kappa shape index (κ3) is 2.29. The Hall–Kier alpha value is -0.0800. The van der Waals surface area contributed by atoms with Crippen LogP contribution >= 0.6 is 0 Å².